The van der Waals surface area contributed by atoms with E-state index in [-0.39, 0.29) is 11.5 Å². The Hall–Kier alpha value is -3.67. The van der Waals surface area contributed by atoms with Crippen molar-refractivity contribution in [1.29, 1.82) is 0 Å². The van der Waals surface area contributed by atoms with Crippen molar-refractivity contribution in [3.63, 3.8) is 0 Å². The van der Waals surface area contributed by atoms with E-state index in [9.17, 15) is 9.59 Å². The predicted octanol–water partition coefficient (Wildman–Crippen LogP) is 3.54. The van der Waals surface area contributed by atoms with E-state index in [1.807, 2.05) is 62.4 Å². The lowest BCUT2D eigenvalue weighted by atomic mass is 10.1. The molecule has 0 fully saturated rings. The van der Waals surface area contributed by atoms with Gasteiger partial charge in [0.15, 0.2) is 0 Å². The Kier molecular flexibility index (Phi) is 4.31. The monoisotopic (exact) mass is 372 g/mol. The maximum atomic E-state index is 13.0. The number of fused-ring (bicyclic) bond motifs is 1. The maximum absolute atomic E-state index is 13.0. The van der Waals surface area contributed by atoms with Crippen molar-refractivity contribution in [1.82, 2.24) is 14.3 Å². The van der Waals surface area contributed by atoms with E-state index in [1.165, 1.54) is 4.68 Å². The Balaban J connectivity index is 1.79. The first-order valence-corrected chi connectivity index (χ1v) is 8.97. The normalized spacial score (nSPS) is 11.0. The molecule has 6 heteroatoms. The van der Waals surface area contributed by atoms with Crippen LogP contribution in [-0.2, 0) is 7.05 Å². The summed E-state index contributed by atoms with van der Waals surface area (Å²) in [5.41, 5.74) is 4.50. The van der Waals surface area contributed by atoms with Gasteiger partial charge in [-0.15, -0.1) is 0 Å². The van der Waals surface area contributed by atoms with E-state index >= 15 is 0 Å². The lowest BCUT2D eigenvalue weighted by Gasteiger charge is -2.11. The minimum Gasteiger partial charge on any atom is -0.356 e. The Labute approximate surface area is 162 Å². The van der Waals surface area contributed by atoms with Gasteiger partial charge in [-0.05, 0) is 49.2 Å². The third kappa shape index (κ3) is 3.09. The summed E-state index contributed by atoms with van der Waals surface area (Å²) in [5, 5.41) is 7.36. The molecule has 4 rings (SSSR count). The molecule has 1 N–H and O–H groups in total. The SMILES string of the molecule is Cc1ccc(NC(=O)c2cn(C)cc3c(=O)n(-c4ccccc4)nc2-3)cc1C. The van der Waals surface area contributed by atoms with Gasteiger partial charge in [-0.25, -0.2) is 0 Å². The van der Waals surface area contributed by atoms with E-state index in [1.54, 1.807) is 24.0 Å². The van der Waals surface area contributed by atoms with E-state index in [4.69, 9.17) is 0 Å². The maximum Gasteiger partial charge on any atom is 0.282 e. The summed E-state index contributed by atoms with van der Waals surface area (Å²) in [4.78, 5) is 25.8. The van der Waals surface area contributed by atoms with Crippen LogP contribution < -0.4 is 10.9 Å². The van der Waals surface area contributed by atoms with Crippen LogP contribution in [0.3, 0.4) is 0 Å². The summed E-state index contributed by atoms with van der Waals surface area (Å²) in [7, 11) is 1.78. The van der Waals surface area contributed by atoms with Crippen LogP contribution in [0.5, 0.6) is 0 Å². The summed E-state index contributed by atoms with van der Waals surface area (Å²) in [6, 6.07) is 14.9. The van der Waals surface area contributed by atoms with Crippen LogP contribution in [0.1, 0.15) is 21.5 Å². The number of hydrogen-bond acceptors (Lipinski definition) is 3. The van der Waals surface area contributed by atoms with Gasteiger partial charge in [0.25, 0.3) is 11.5 Å². The number of nitrogens with zero attached hydrogens (tertiary/aromatic N) is 3. The Bertz CT molecular complexity index is 1210. The Morgan fingerprint density at radius 2 is 1.75 bits per heavy atom. The quantitative estimate of drug-likeness (QED) is 0.598. The van der Waals surface area contributed by atoms with Crippen molar-refractivity contribution in [3.05, 3.63) is 88.0 Å². The molecule has 2 heterocycles. The van der Waals surface area contributed by atoms with Crippen molar-refractivity contribution in [2.45, 2.75) is 13.8 Å². The van der Waals surface area contributed by atoms with Crippen LogP contribution in [0, 0.1) is 13.8 Å². The van der Waals surface area contributed by atoms with Crippen molar-refractivity contribution < 1.29 is 4.79 Å². The fourth-order valence-corrected chi connectivity index (χ4v) is 3.16. The minimum atomic E-state index is -0.304. The number of rotatable bonds is 3. The minimum absolute atomic E-state index is 0.252. The molecule has 0 aromatic heterocycles. The Morgan fingerprint density at radius 1 is 1.00 bits per heavy atom. The number of amides is 1. The van der Waals surface area contributed by atoms with Crippen LogP contribution in [0.4, 0.5) is 5.69 Å². The molecule has 1 amide bonds. The zero-order valence-corrected chi connectivity index (χ0v) is 15.9. The molecule has 0 bridgehead atoms. The molecule has 0 spiro atoms. The first kappa shape index (κ1) is 17.7. The summed E-state index contributed by atoms with van der Waals surface area (Å²) in [6.07, 6.45) is 3.37. The molecule has 140 valence electrons. The van der Waals surface area contributed by atoms with Gasteiger partial charge < -0.3 is 9.88 Å². The largest absolute Gasteiger partial charge is 0.356 e. The average Bonchev–Trinajstić information content (AvgIpc) is 3.01. The molecule has 0 radical (unpaired) electrons. The van der Waals surface area contributed by atoms with Crippen molar-refractivity contribution in [2.24, 2.45) is 7.05 Å². The molecule has 28 heavy (non-hydrogen) atoms. The van der Waals surface area contributed by atoms with Gasteiger partial charge >= 0.3 is 0 Å². The third-order valence-corrected chi connectivity index (χ3v) is 4.81. The number of aryl methyl sites for hydroxylation is 3. The zero-order chi connectivity index (χ0) is 19.8. The molecular weight excluding hydrogens is 352 g/mol. The number of aromatic nitrogens is 3. The molecule has 0 atom stereocenters. The van der Waals surface area contributed by atoms with Gasteiger partial charge in [-0.3, -0.25) is 9.59 Å². The van der Waals surface area contributed by atoms with E-state index in [0.29, 0.717) is 28.2 Å². The number of carbonyl (C=O) groups is 1. The summed E-state index contributed by atoms with van der Waals surface area (Å²) < 4.78 is 3.04. The van der Waals surface area contributed by atoms with Crippen LogP contribution in [0.25, 0.3) is 16.9 Å². The van der Waals surface area contributed by atoms with E-state index in [2.05, 4.69) is 10.4 Å². The first-order chi connectivity index (χ1) is 13.4. The highest BCUT2D eigenvalue weighted by Gasteiger charge is 2.24. The topological polar surface area (TPSA) is 68.9 Å². The van der Waals surface area contributed by atoms with Crippen LogP contribution in [-0.4, -0.2) is 20.3 Å². The second-order valence-corrected chi connectivity index (χ2v) is 6.91. The number of para-hydroxylation sites is 1. The van der Waals surface area contributed by atoms with Gasteiger partial charge in [-0.1, -0.05) is 24.3 Å². The molecule has 2 aliphatic rings. The summed E-state index contributed by atoms with van der Waals surface area (Å²) in [6.45, 7) is 4.02. The Morgan fingerprint density at radius 3 is 2.46 bits per heavy atom. The summed E-state index contributed by atoms with van der Waals surface area (Å²) in [5.74, 6) is -0.304. The molecule has 2 aromatic carbocycles. The van der Waals surface area contributed by atoms with Crippen LogP contribution in [0.15, 0.2) is 65.7 Å². The van der Waals surface area contributed by atoms with Gasteiger partial charge in [0.2, 0.25) is 0 Å². The molecule has 0 saturated heterocycles. The van der Waals surface area contributed by atoms with Crippen molar-refractivity contribution >= 4 is 11.6 Å². The van der Waals surface area contributed by atoms with Crippen molar-refractivity contribution in [3.8, 4) is 16.9 Å². The fourth-order valence-electron chi connectivity index (χ4n) is 3.16. The van der Waals surface area contributed by atoms with E-state index in [0.717, 1.165) is 11.1 Å². The number of benzene rings is 2. The molecule has 2 aromatic rings. The third-order valence-electron chi connectivity index (χ3n) is 4.81. The number of anilines is 1. The number of hydrogen-bond donors (Lipinski definition) is 1. The van der Waals surface area contributed by atoms with E-state index < -0.39 is 0 Å². The smallest absolute Gasteiger partial charge is 0.282 e. The zero-order valence-electron chi connectivity index (χ0n) is 15.9. The number of nitrogens with one attached hydrogen (secondary N) is 1. The standard InChI is InChI=1S/C22H20N4O2/c1-14-9-10-16(11-15(14)2)23-21(27)18-12-25(3)13-19-20(18)24-26(22(19)28)17-7-5-4-6-8-17/h4-13H,1-3H3,(H,23,27). The highest BCUT2D eigenvalue weighted by molar-refractivity contribution is 6.08. The second-order valence-electron chi connectivity index (χ2n) is 6.91. The lowest BCUT2D eigenvalue weighted by Crippen LogP contribution is -2.17. The van der Waals surface area contributed by atoms with Gasteiger partial charge in [0.1, 0.15) is 5.69 Å². The average molecular weight is 372 g/mol. The van der Waals surface area contributed by atoms with Crippen LogP contribution in [0.2, 0.25) is 0 Å². The van der Waals surface area contributed by atoms with Gasteiger partial charge in [0.05, 0.1) is 16.8 Å². The van der Waals surface area contributed by atoms with Gasteiger partial charge in [-0.2, -0.15) is 9.78 Å². The predicted molar refractivity (Wildman–Crippen MR) is 109 cm³/mol. The highest BCUT2D eigenvalue weighted by atomic mass is 16.2. The molecular formula is C22H20N4O2. The first-order valence-electron chi connectivity index (χ1n) is 8.97. The fraction of sp³-hybridized carbons (Fsp3) is 0.136. The molecule has 0 aliphatic carbocycles. The number of pyridine rings is 1. The summed E-state index contributed by atoms with van der Waals surface area (Å²) >= 11 is 0. The molecule has 0 unspecified atom stereocenters. The van der Waals surface area contributed by atoms with Crippen molar-refractivity contribution in [2.75, 3.05) is 5.32 Å². The molecule has 6 nitrogen and oxygen atoms in total. The van der Waals surface area contributed by atoms with Gasteiger partial charge in [0, 0.05) is 25.1 Å². The lowest BCUT2D eigenvalue weighted by molar-refractivity contribution is 0.102. The number of carbonyl (C=O) groups excluding carboxylic acids is 1. The highest BCUT2D eigenvalue weighted by Crippen LogP contribution is 2.23. The molecule has 0 saturated carbocycles. The second kappa shape index (κ2) is 6.81. The molecule has 2 aliphatic heterocycles. The van der Waals surface area contributed by atoms with Crippen LogP contribution >= 0.6 is 0 Å².